The molecule has 18 heavy (non-hydrogen) atoms. The first-order valence-electron chi connectivity index (χ1n) is 6.76. The van der Waals surface area contributed by atoms with E-state index in [0.29, 0.717) is 25.2 Å². The van der Waals surface area contributed by atoms with Crippen LogP contribution >= 0.6 is 0 Å². The maximum Gasteiger partial charge on any atom is 0.0717 e. The van der Waals surface area contributed by atoms with Crippen molar-refractivity contribution in [1.29, 1.82) is 0 Å². The zero-order chi connectivity index (χ0) is 12.4. The van der Waals surface area contributed by atoms with Crippen molar-refractivity contribution in [3.63, 3.8) is 0 Å². The maximum atomic E-state index is 9.44. The van der Waals surface area contributed by atoms with Gasteiger partial charge in [0, 0.05) is 18.4 Å². The fraction of sp³-hybridized carbons (Fsp3) is 0.600. The highest BCUT2D eigenvalue weighted by atomic mass is 16.5. The summed E-state index contributed by atoms with van der Waals surface area (Å²) in [6.07, 6.45) is 2.80. The largest absolute Gasteiger partial charge is 0.396 e. The molecule has 1 aromatic rings. The van der Waals surface area contributed by atoms with Gasteiger partial charge >= 0.3 is 0 Å². The van der Waals surface area contributed by atoms with E-state index in [1.807, 2.05) is 18.2 Å². The van der Waals surface area contributed by atoms with Crippen LogP contribution in [0.5, 0.6) is 0 Å². The Bertz CT molecular complexity index is 379. The number of aliphatic hydroxyl groups is 1. The van der Waals surface area contributed by atoms with E-state index in [9.17, 15) is 5.11 Å². The lowest BCUT2D eigenvalue weighted by atomic mass is 9.80. The van der Waals surface area contributed by atoms with E-state index in [2.05, 4.69) is 12.1 Å². The van der Waals surface area contributed by atoms with E-state index in [4.69, 9.17) is 9.47 Å². The molecule has 2 heterocycles. The van der Waals surface area contributed by atoms with Crippen molar-refractivity contribution in [1.82, 2.24) is 0 Å². The average molecular weight is 248 g/mol. The molecule has 2 aliphatic rings. The van der Waals surface area contributed by atoms with Crippen molar-refractivity contribution in [2.75, 3.05) is 13.2 Å². The molecule has 0 amide bonds. The molecule has 2 saturated heterocycles. The average Bonchev–Trinajstić information content (AvgIpc) is 3.00. The molecule has 3 heteroatoms. The van der Waals surface area contributed by atoms with E-state index < -0.39 is 0 Å². The SMILES string of the molecule is OC[C@H]1[C@@H](COCc2ccccc2)[C@H]2CC[C@@H]1O2. The Morgan fingerprint density at radius 2 is 1.83 bits per heavy atom. The summed E-state index contributed by atoms with van der Waals surface area (Å²) >= 11 is 0. The summed E-state index contributed by atoms with van der Waals surface area (Å²) in [6.45, 7) is 1.56. The normalized spacial score (nSPS) is 34.1. The third kappa shape index (κ3) is 2.30. The van der Waals surface area contributed by atoms with Crippen LogP contribution in [0.3, 0.4) is 0 Å². The Labute approximate surface area is 108 Å². The van der Waals surface area contributed by atoms with Gasteiger partial charge in [0.15, 0.2) is 0 Å². The summed E-state index contributed by atoms with van der Waals surface area (Å²) in [5.41, 5.74) is 1.20. The summed E-state index contributed by atoms with van der Waals surface area (Å²) < 4.78 is 11.6. The summed E-state index contributed by atoms with van der Waals surface area (Å²) in [5, 5.41) is 9.44. The molecule has 2 bridgehead atoms. The molecule has 2 fully saturated rings. The highest BCUT2D eigenvalue weighted by Crippen LogP contribution is 2.43. The van der Waals surface area contributed by atoms with Crippen LogP contribution in [0.25, 0.3) is 0 Å². The van der Waals surface area contributed by atoms with Crippen molar-refractivity contribution in [2.24, 2.45) is 11.8 Å². The van der Waals surface area contributed by atoms with Crippen molar-refractivity contribution in [3.05, 3.63) is 35.9 Å². The molecule has 0 radical (unpaired) electrons. The first-order valence-corrected chi connectivity index (χ1v) is 6.76. The number of fused-ring (bicyclic) bond motifs is 2. The lowest BCUT2D eigenvalue weighted by Gasteiger charge is -2.26. The van der Waals surface area contributed by atoms with Crippen LogP contribution in [0.1, 0.15) is 18.4 Å². The number of benzene rings is 1. The van der Waals surface area contributed by atoms with Crippen LogP contribution in [0.2, 0.25) is 0 Å². The van der Waals surface area contributed by atoms with Gasteiger partial charge in [-0.05, 0) is 18.4 Å². The van der Waals surface area contributed by atoms with Crippen LogP contribution in [0, 0.1) is 11.8 Å². The number of aliphatic hydroxyl groups excluding tert-OH is 1. The van der Waals surface area contributed by atoms with Gasteiger partial charge in [0.05, 0.1) is 25.4 Å². The quantitative estimate of drug-likeness (QED) is 0.866. The van der Waals surface area contributed by atoms with Crippen molar-refractivity contribution < 1.29 is 14.6 Å². The van der Waals surface area contributed by atoms with Crippen molar-refractivity contribution >= 4 is 0 Å². The molecule has 0 aliphatic carbocycles. The first-order chi connectivity index (χ1) is 8.88. The molecule has 0 unspecified atom stereocenters. The topological polar surface area (TPSA) is 38.7 Å². The number of rotatable bonds is 5. The van der Waals surface area contributed by atoms with E-state index in [1.54, 1.807) is 0 Å². The van der Waals surface area contributed by atoms with Crippen LogP contribution in [0.4, 0.5) is 0 Å². The second kappa shape index (κ2) is 5.39. The minimum absolute atomic E-state index is 0.223. The van der Waals surface area contributed by atoms with Crippen molar-refractivity contribution in [3.8, 4) is 0 Å². The van der Waals surface area contributed by atoms with E-state index in [0.717, 1.165) is 12.8 Å². The highest BCUT2D eigenvalue weighted by molar-refractivity contribution is 5.13. The molecule has 3 rings (SSSR count). The zero-order valence-electron chi connectivity index (χ0n) is 10.5. The van der Waals surface area contributed by atoms with Gasteiger partial charge < -0.3 is 14.6 Å². The molecule has 0 spiro atoms. The fourth-order valence-corrected chi connectivity index (χ4v) is 3.24. The maximum absolute atomic E-state index is 9.44. The smallest absolute Gasteiger partial charge is 0.0717 e. The number of hydrogen-bond donors (Lipinski definition) is 1. The molecular weight excluding hydrogens is 228 g/mol. The van der Waals surface area contributed by atoms with Crippen LogP contribution in [-0.2, 0) is 16.1 Å². The van der Waals surface area contributed by atoms with Crippen LogP contribution in [0.15, 0.2) is 30.3 Å². The molecule has 2 aliphatic heterocycles. The van der Waals surface area contributed by atoms with Crippen molar-refractivity contribution in [2.45, 2.75) is 31.7 Å². The Morgan fingerprint density at radius 1 is 1.11 bits per heavy atom. The van der Waals surface area contributed by atoms with E-state index in [-0.39, 0.29) is 18.6 Å². The number of hydrogen-bond acceptors (Lipinski definition) is 3. The molecule has 0 aromatic heterocycles. The second-order valence-electron chi connectivity index (χ2n) is 5.30. The molecule has 98 valence electrons. The minimum atomic E-state index is 0.223. The standard InChI is InChI=1S/C15H20O3/c16-8-12-13(15-7-6-14(12)18-15)10-17-9-11-4-2-1-3-5-11/h1-5,12-16H,6-10H2/t12-,13+,14-,15+/m0/s1. The van der Waals surface area contributed by atoms with Gasteiger partial charge in [-0.3, -0.25) is 0 Å². The fourth-order valence-electron chi connectivity index (χ4n) is 3.24. The summed E-state index contributed by atoms with van der Waals surface area (Å²) in [7, 11) is 0. The molecule has 3 nitrogen and oxygen atoms in total. The highest BCUT2D eigenvalue weighted by Gasteiger charge is 2.48. The Kier molecular flexibility index (Phi) is 3.64. The zero-order valence-corrected chi connectivity index (χ0v) is 10.5. The minimum Gasteiger partial charge on any atom is -0.396 e. The second-order valence-corrected chi connectivity index (χ2v) is 5.30. The molecule has 0 saturated carbocycles. The van der Waals surface area contributed by atoms with E-state index >= 15 is 0 Å². The van der Waals surface area contributed by atoms with E-state index in [1.165, 1.54) is 5.56 Å². The van der Waals surface area contributed by atoms with Gasteiger partial charge in [-0.2, -0.15) is 0 Å². The Morgan fingerprint density at radius 3 is 2.56 bits per heavy atom. The third-order valence-electron chi connectivity index (χ3n) is 4.22. The summed E-state index contributed by atoms with van der Waals surface area (Å²) in [5.74, 6) is 0.650. The van der Waals surface area contributed by atoms with Gasteiger partial charge in [-0.1, -0.05) is 30.3 Å². The molecular formula is C15H20O3. The van der Waals surface area contributed by atoms with Gasteiger partial charge in [-0.25, -0.2) is 0 Å². The molecule has 1 aromatic carbocycles. The predicted octanol–water partition coefficient (Wildman–Crippen LogP) is 1.99. The van der Waals surface area contributed by atoms with Gasteiger partial charge in [-0.15, -0.1) is 0 Å². The molecule has 1 N–H and O–H groups in total. The van der Waals surface area contributed by atoms with Gasteiger partial charge in [0.25, 0.3) is 0 Å². The predicted molar refractivity (Wildman–Crippen MR) is 68.1 cm³/mol. The van der Waals surface area contributed by atoms with Crippen LogP contribution in [-0.4, -0.2) is 30.5 Å². The van der Waals surface area contributed by atoms with Gasteiger partial charge in [0.2, 0.25) is 0 Å². The van der Waals surface area contributed by atoms with Gasteiger partial charge in [0.1, 0.15) is 0 Å². The molecule has 4 atom stereocenters. The summed E-state index contributed by atoms with van der Waals surface area (Å²) in [4.78, 5) is 0. The number of ether oxygens (including phenoxy) is 2. The third-order valence-corrected chi connectivity index (χ3v) is 4.22. The monoisotopic (exact) mass is 248 g/mol. The lowest BCUT2D eigenvalue weighted by molar-refractivity contribution is 0.0369. The Balaban J connectivity index is 1.51. The summed E-state index contributed by atoms with van der Waals surface area (Å²) in [6, 6.07) is 10.2. The first kappa shape index (κ1) is 12.2. The Hall–Kier alpha value is -0.900. The van der Waals surface area contributed by atoms with Crippen LogP contribution < -0.4 is 0 Å². The lowest BCUT2D eigenvalue weighted by Crippen LogP contribution is -2.33.